The predicted octanol–water partition coefficient (Wildman–Crippen LogP) is 0.381. The maximum atomic E-state index is 7.31. The van der Waals surface area contributed by atoms with Crippen molar-refractivity contribution in [1.29, 1.82) is 5.41 Å². The van der Waals surface area contributed by atoms with E-state index in [2.05, 4.69) is 0 Å². The van der Waals surface area contributed by atoms with Crippen molar-refractivity contribution in [3.05, 3.63) is 0 Å². The lowest BCUT2D eigenvalue weighted by atomic mass is 10.2. The fourth-order valence-electron chi connectivity index (χ4n) is 1.58. The third-order valence-corrected chi connectivity index (χ3v) is 2.20. The Kier molecular flexibility index (Phi) is 3.34. The summed E-state index contributed by atoms with van der Waals surface area (Å²) in [5, 5.41) is 7.31. The molecule has 1 fully saturated rings. The number of guanidine groups is 1. The Labute approximate surface area is 73.2 Å². The van der Waals surface area contributed by atoms with Crippen LogP contribution in [0.3, 0.4) is 0 Å². The molecule has 4 heteroatoms. The van der Waals surface area contributed by atoms with Crippen LogP contribution in [0, 0.1) is 5.41 Å². The summed E-state index contributed by atoms with van der Waals surface area (Å²) in [5.41, 5.74) is 5.41. The molecular formula is C8H17N3O. The third-order valence-electron chi connectivity index (χ3n) is 2.20. The summed E-state index contributed by atoms with van der Waals surface area (Å²) in [4.78, 5) is 1.91. The largest absolute Gasteiger partial charge is 0.380 e. The van der Waals surface area contributed by atoms with Gasteiger partial charge in [-0.1, -0.05) is 0 Å². The molecule has 0 aliphatic carbocycles. The normalized spacial score (nSPS) is 23.1. The number of rotatable bonds is 3. The molecule has 0 aromatic heterocycles. The van der Waals surface area contributed by atoms with Crippen molar-refractivity contribution >= 4 is 5.96 Å². The van der Waals surface area contributed by atoms with Crippen LogP contribution in [0.25, 0.3) is 0 Å². The van der Waals surface area contributed by atoms with Crippen molar-refractivity contribution in [1.82, 2.24) is 4.90 Å². The molecule has 1 heterocycles. The van der Waals surface area contributed by atoms with Crippen LogP contribution in [0.2, 0.25) is 0 Å². The fraction of sp³-hybridized carbons (Fsp3) is 0.875. The van der Waals surface area contributed by atoms with Crippen LogP contribution in [-0.2, 0) is 4.74 Å². The van der Waals surface area contributed by atoms with E-state index in [-0.39, 0.29) is 5.96 Å². The Morgan fingerprint density at radius 2 is 2.50 bits per heavy atom. The second-order valence-corrected chi connectivity index (χ2v) is 3.03. The van der Waals surface area contributed by atoms with Gasteiger partial charge in [0.05, 0.1) is 12.6 Å². The number of hydrogen-bond donors (Lipinski definition) is 2. The van der Waals surface area contributed by atoms with Crippen molar-refractivity contribution < 1.29 is 4.74 Å². The summed E-state index contributed by atoms with van der Waals surface area (Å²) in [6.45, 7) is 4.33. The summed E-state index contributed by atoms with van der Waals surface area (Å²) in [6, 6.07) is 0.336. The van der Waals surface area contributed by atoms with Crippen molar-refractivity contribution in [2.75, 3.05) is 19.8 Å². The predicted molar refractivity (Wildman–Crippen MR) is 48.1 cm³/mol. The van der Waals surface area contributed by atoms with Gasteiger partial charge in [0.2, 0.25) is 0 Å². The van der Waals surface area contributed by atoms with Gasteiger partial charge in [0.1, 0.15) is 0 Å². The molecule has 0 spiro atoms. The summed E-state index contributed by atoms with van der Waals surface area (Å²) < 4.78 is 5.30. The summed E-state index contributed by atoms with van der Waals surface area (Å²) >= 11 is 0. The molecule has 0 bridgehead atoms. The molecule has 0 aromatic carbocycles. The fourth-order valence-corrected chi connectivity index (χ4v) is 1.58. The zero-order valence-electron chi connectivity index (χ0n) is 7.55. The van der Waals surface area contributed by atoms with Gasteiger partial charge in [-0.15, -0.1) is 0 Å². The van der Waals surface area contributed by atoms with E-state index in [1.165, 1.54) is 0 Å². The van der Waals surface area contributed by atoms with Crippen molar-refractivity contribution in [3.63, 3.8) is 0 Å². The highest BCUT2D eigenvalue weighted by Gasteiger charge is 2.24. The standard InChI is InChI=1S/C8H17N3O/c1-2-12-6-7-4-3-5-11(7)8(9)10/h7H,2-6H2,1H3,(H3,9,10). The molecule has 1 unspecified atom stereocenters. The Bertz CT molecular complexity index is 160. The van der Waals surface area contributed by atoms with E-state index in [9.17, 15) is 0 Å². The van der Waals surface area contributed by atoms with E-state index in [4.69, 9.17) is 15.9 Å². The lowest BCUT2D eigenvalue weighted by Crippen LogP contribution is -2.42. The molecule has 0 amide bonds. The van der Waals surface area contributed by atoms with Crippen LogP contribution in [-0.4, -0.2) is 36.7 Å². The molecule has 70 valence electrons. The van der Waals surface area contributed by atoms with Crippen molar-refractivity contribution in [2.24, 2.45) is 5.73 Å². The summed E-state index contributed by atoms with van der Waals surface area (Å²) in [6.07, 6.45) is 2.22. The highest BCUT2D eigenvalue weighted by atomic mass is 16.5. The van der Waals surface area contributed by atoms with Crippen LogP contribution < -0.4 is 5.73 Å². The van der Waals surface area contributed by atoms with Crippen LogP contribution in [0.4, 0.5) is 0 Å². The number of nitrogens with one attached hydrogen (secondary N) is 1. The molecule has 1 rings (SSSR count). The van der Waals surface area contributed by atoms with Gasteiger partial charge in [-0.05, 0) is 19.8 Å². The van der Waals surface area contributed by atoms with E-state index >= 15 is 0 Å². The maximum Gasteiger partial charge on any atom is 0.188 e. The summed E-state index contributed by atoms with van der Waals surface area (Å²) in [7, 11) is 0. The lowest BCUT2D eigenvalue weighted by molar-refractivity contribution is 0.106. The molecule has 1 aliphatic rings. The van der Waals surface area contributed by atoms with Crippen LogP contribution in [0.15, 0.2) is 0 Å². The van der Waals surface area contributed by atoms with Crippen molar-refractivity contribution in [2.45, 2.75) is 25.8 Å². The van der Waals surface area contributed by atoms with E-state index in [0.717, 1.165) is 26.0 Å². The number of nitrogens with zero attached hydrogens (tertiary/aromatic N) is 1. The highest BCUT2D eigenvalue weighted by Crippen LogP contribution is 2.16. The molecule has 0 saturated carbocycles. The van der Waals surface area contributed by atoms with E-state index in [1.807, 2.05) is 11.8 Å². The van der Waals surface area contributed by atoms with E-state index < -0.39 is 0 Å². The van der Waals surface area contributed by atoms with Gasteiger partial charge >= 0.3 is 0 Å². The molecule has 0 aromatic rings. The first-order valence-corrected chi connectivity index (χ1v) is 4.44. The zero-order chi connectivity index (χ0) is 8.97. The topological polar surface area (TPSA) is 62.3 Å². The molecular weight excluding hydrogens is 154 g/mol. The minimum absolute atomic E-state index is 0.178. The molecule has 1 saturated heterocycles. The maximum absolute atomic E-state index is 7.31. The van der Waals surface area contributed by atoms with Crippen LogP contribution in [0.5, 0.6) is 0 Å². The Morgan fingerprint density at radius 1 is 1.75 bits per heavy atom. The van der Waals surface area contributed by atoms with Crippen LogP contribution in [0.1, 0.15) is 19.8 Å². The minimum Gasteiger partial charge on any atom is -0.380 e. The number of likely N-dealkylation sites (tertiary alicyclic amines) is 1. The SMILES string of the molecule is CCOCC1CCCN1C(=N)N. The average molecular weight is 171 g/mol. The highest BCUT2D eigenvalue weighted by molar-refractivity contribution is 5.75. The van der Waals surface area contributed by atoms with Gasteiger partial charge in [0, 0.05) is 13.2 Å². The molecule has 1 aliphatic heterocycles. The number of nitrogens with two attached hydrogens (primary N) is 1. The van der Waals surface area contributed by atoms with Gasteiger partial charge in [0.15, 0.2) is 5.96 Å². The number of ether oxygens (including phenoxy) is 1. The monoisotopic (exact) mass is 171 g/mol. The Hall–Kier alpha value is -0.770. The molecule has 12 heavy (non-hydrogen) atoms. The van der Waals surface area contributed by atoms with E-state index in [0.29, 0.717) is 12.6 Å². The summed E-state index contributed by atoms with van der Waals surface area (Å²) in [5.74, 6) is 0.178. The number of hydrogen-bond acceptors (Lipinski definition) is 2. The van der Waals surface area contributed by atoms with Gasteiger partial charge < -0.3 is 15.4 Å². The van der Waals surface area contributed by atoms with Gasteiger partial charge in [-0.25, -0.2) is 0 Å². The lowest BCUT2D eigenvalue weighted by Gasteiger charge is -2.24. The molecule has 4 nitrogen and oxygen atoms in total. The van der Waals surface area contributed by atoms with Gasteiger partial charge in [0.25, 0.3) is 0 Å². The molecule has 3 N–H and O–H groups in total. The smallest absolute Gasteiger partial charge is 0.188 e. The second-order valence-electron chi connectivity index (χ2n) is 3.03. The van der Waals surface area contributed by atoms with E-state index in [1.54, 1.807) is 0 Å². The van der Waals surface area contributed by atoms with Crippen LogP contribution >= 0.6 is 0 Å². The third kappa shape index (κ3) is 2.11. The Balaban J connectivity index is 2.35. The van der Waals surface area contributed by atoms with Gasteiger partial charge in [-0.3, -0.25) is 5.41 Å². The molecule has 1 atom stereocenters. The average Bonchev–Trinajstić information content (AvgIpc) is 2.48. The first-order chi connectivity index (χ1) is 5.75. The minimum atomic E-state index is 0.178. The zero-order valence-corrected chi connectivity index (χ0v) is 7.55. The first kappa shape index (κ1) is 9.32. The second kappa shape index (κ2) is 4.30. The Morgan fingerprint density at radius 3 is 3.08 bits per heavy atom. The van der Waals surface area contributed by atoms with Crippen molar-refractivity contribution in [3.8, 4) is 0 Å². The van der Waals surface area contributed by atoms with Gasteiger partial charge in [-0.2, -0.15) is 0 Å². The molecule has 0 radical (unpaired) electrons. The first-order valence-electron chi connectivity index (χ1n) is 4.44. The quantitative estimate of drug-likeness (QED) is 0.476.